The molecule has 0 spiro atoms. The number of carboxylic acids is 1. The highest BCUT2D eigenvalue weighted by Gasteiger charge is 2.24. The van der Waals surface area contributed by atoms with E-state index in [0.29, 0.717) is 11.3 Å². The van der Waals surface area contributed by atoms with Gasteiger partial charge in [-0.15, -0.1) is 0 Å². The SMILES string of the molecule is CC(CC(=O)Nc1cccc(CC(=O)O)c1)NC(=O)C1CCCC1. The van der Waals surface area contributed by atoms with Crippen LogP contribution in [0, 0.1) is 5.92 Å². The van der Waals surface area contributed by atoms with Crippen LogP contribution in [0.1, 0.15) is 44.6 Å². The second kappa shape index (κ2) is 8.47. The summed E-state index contributed by atoms with van der Waals surface area (Å²) in [5.74, 6) is -0.997. The molecule has 0 saturated heterocycles. The zero-order chi connectivity index (χ0) is 17.5. The summed E-state index contributed by atoms with van der Waals surface area (Å²) in [5.41, 5.74) is 1.19. The Morgan fingerprint density at radius 2 is 1.96 bits per heavy atom. The van der Waals surface area contributed by atoms with E-state index >= 15 is 0 Å². The maximum atomic E-state index is 12.1. The molecule has 1 aromatic rings. The fraction of sp³-hybridized carbons (Fsp3) is 0.500. The van der Waals surface area contributed by atoms with Crippen molar-refractivity contribution in [1.82, 2.24) is 5.32 Å². The first kappa shape index (κ1) is 18.0. The van der Waals surface area contributed by atoms with Gasteiger partial charge in [0.05, 0.1) is 6.42 Å². The van der Waals surface area contributed by atoms with Crippen LogP contribution in [-0.4, -0.2) is 28.9 Å². The highest BCUT2D eigenvalue weighted by atomic mass is 16.4. The molecule has 0 aromatic heterocycles. The van der Waals surface area contributed by atoms with Gasteiger partial charge in [-0.3, -0.25) is 14.4 Å². The Kier molecular flexibility index (Phi) is 6.35. The van der Waals surface area contributed by atoms with Gasteiger partial charge in [-0.25, -0.2) is 0 Å². The molecule has 0 aliphatic heterocycles. The van der Waals surface area contributed by atoms with Gasteiger partial charge in [0.25, 0.3) is 0 Å². The average Bonchev–Trinajstić information content (AvgIpc) is 3.00. The predicted octanol–water partition coefficient (Wildman–Crippen LogP) is 2.34. The largest absolute Gasteiger partial charge is 0.481 e. The minimum Gasteiger partial charge on any atom is -0.481 e. The van der Waals surface area contributed by atoms with Crippen LogP contribution in [-0.2, 0) is 20.8 Å². The molecule has 2 amide bonds. The van der Waals surface area contributed by atoms with E-state index in [9.17, 15) is 14.4 Å². The van der Waals surface area contributed by atoms with Crippen molar-refractivity contribution in [2.24, 2.45) is 5.92 Å². The molecule has 24 heavy (non-hydrogen) atoms. The molecule has 130 valence electrons. The average molecular weight is 332 g/mol. The van der Waals surface area contributed by atoms with Crippen LogP contribution in [0.25, 0.3) is 0 Å². The molecular formula is C18H24N2O4. The van der Waals surface area contributed by atoms with E-state index in [4.69, 9.17) is 5.11 Å². The number of anilines is 1. The number of nitrogens with one attached hydrogen (secondary N) is 2. The molecule has 1 saturated carbocycles. The van der Waals surface area contributed by atoms with Crippen molar-refractivity contribution < 1.29 is 19.5 Å². The van der Waals surface area contributed by atoms with Crippen LogP contribution < -0.4 is 10.6 Å². The fourth-order valence-corrected chi connectivity index (χ4v) is 3.02. The van der Waals surface area contributed by atoms with Crippen molar-refractivity contribution >= 4 is 23.5 Å². The number of carboxylic acid groups (broad SMARTS) is 1. The van der Waals surface area contributed by atoms with Crippen molar-refractivity contribution in [3.05, 3.63) is 29.8 Å². The first-order chi connectivity index (χ1) is 11.4. The molecule has 1 unspecified atom stereocenters. The number of benzene rings is 1. The van der Waals surface area contributed by atoms with Gasteiger partial charge >= 0.3 is 5.97 Å². The molecule has 1 aromatic carbocycles. The topological polar surface area (TPSA) is 95.5 Å². The van der Waals surface area contributed by atoms with E-state index in [-0.39, 0.29) is 36.6 Å². The molecule has 0 bridgehead atoms. The quantitative estimate of drug-likeness (QED) is 0.714. The van der Waals surface area contributed by atoms with Gasteiger partial charge in [0, 0.05) is 24.1 Å². The summed E-state index contributed by atoms with van der Waals surface area (Å²) in [6.45, 7) is 1.81. The molecule has 6 heteroatoms. The van der Waals surface area contributed by atoms with Crippen molar-refractivity contribution in [2.45, 2.75) is 51.5 Å². The van der Waals surface area contributed by atoms with Gasteiger partial charge in [-0.05, 0) is 37.5 Å². The summed E-state index contributed by atoms with van der Waals surface area (Å²) in [5, 5.41) is 14.4. The van der Waals surface area contributed by atoms with Crippen LogP contribution in [0.5, 0.6) is 0 Å². The predicted molar refractivity (Wildman–Crippen MR) is 90.6 cm³/mol. The lowest BCUT2D eigenvalue weighted by Gasteiger charge is -2.17. The minimum atomic E-state index is -0.915. The smallest absolute Gasteiger partial charge is 0.307 e. The molecule has 6 nitrogen and oxygen atoms in total. The highest BCUT2D eigenvalue weighted by molar-refractivity contribution is 5.91. The maximum Gasteiger partial charge on any atom is 0.307 e. The van der Waals surface area contributed by atoms with Crippen LogP contribution in [0.3, 0.4) is 0 Å². The van der Waals surface area contributed by atoms with E-state index in [0.717, 1.165) is 25.7 Å². The third-order valence-corrected chi connectivity index (χ3v) is 4.17. The van der Waals surface area contributed by atoms with Gasteiger partial charge in [-0.2, -0.15) is 0 Å². The summed E-state index contributed by atoms with van der Waals surface area (Å²) in [6, 6.07) is 6.53. The Balaban J connectivity index is 1.81. The molecular weight excluding hydrogens is 308 g/mol. The number of aliphatic carboxylic acids is 1. The number of carbonyl (C=O) groups is 3. The van der Waals surface area contributed by atoms with Crippen molar-refractivity contribution in [3.8, 4) is 0 Å². The summed E-state index contributed by atoms with van der Waals surface area (Å²) >= 11 is 0. The first-order valence-corrected chi connectivity index (χ1v) is 8.35. The van der Waals surface area contributed by atoms with Crippen molar-refractivity contribution in [2.75, 3.05) is 5.32 Å². The lowest BCUT2D eigenvalue weighted by atomic mass is 10.1. The van der Waals surface area contributed by atoms with Gasteiger partial charge < -0.3 is 15.7 Å². The lowest BCUT2D eigenvalue weighted by molar-refractivity contribution is -0.136. The Labute approximate surface area is 141 Å². The highest BCUT2D eigenvalue weighted by Crippen LogP contribution is 2.24. The van der Waals surface area contributed by atoms with Crippen molar-refractivity contribution in [3.63, 3.8) is 0 Å². The number of amides is 2. The molecule has 2 rings (SSSR count). The van der Waals surface area contributed by atoms with E-state index in [2.05, 4.69) is 10.6 Å². The molecule has 0 heterocycles. The van der Waals surface area contributed by atoms with Gasteiger partial charge in [-0.1, -0.05) is 25.0 Å². The number of carbonyl (C=O) groups excluding carboxylic acids is 2. The van der Waals surface area contributed by atoms with Crippen LogP contribution in [0.4, 0.5) is 5.69 Å². The van der Waals surface area contributed by atoms with E-state index in [1.165, 1.54) is 0 Å². The zero-order valence-corrected chi connectivity index (χ0v) is 13.9. The maximum absolute atomic E-state index is 12.1. The van der Waals surface area contributed by atoms with Gasteiger partial charge in [0.2, 0.25) is 11.8 Å². The second-order valence-electron chi connectivity index (χ2n) is 6.41. The molecule has 1 fully saturated rings. The Morgan fingerprint density at radius 3 is 2.62 bits per heavy atom. The van der Waals surface area contributed by atoms with E-state index in [1.807, 2.05) is 6.92 Å². The second-order valence-corrected chi connectivity index (χ2v) is 6.41. The van der Waals surface area contributed by atoms with Crippen molar-refractivity contribution in [1.29, 1.82) is 0 Å². The summed E-state index contributed by atoms with van der Waals surface area (Å²) < 4.78 is 0. The summed E-state index contributed by atoms with van der Waals surface area (Å²) in [7, 11) is 0. The Bertz CT molecular complexity index is 609. The summed E-state index contributed by atoms with van der Waals surface area (Å²) in [6.07, 6.45) is 4.15. The Hall–Kier alpha value is -2.37. The van der Waals surface area contributed by atoms with Gasteiger partial charge in [0.1, 0.15) is 0 Å². The molecule has 1 aliphatic carbocycles. The van der Waals surface area contributed by atoms with Crippen LogP contribution in [0.2, 0.25) is 0 Å². The minimum absolute atomic E-state index is 0.0382. The third kappa shape index (κ3) is 5.68. The number of hydrogen-bond acceptors (Lipinski definition) is 3. The first-order valence-electron chi connectivity index (χ1n) is 8.35. The number of hydrogen-bond donors (Lipinski definition) is 3. The molecule has 1 atom stereocenters. The Morgan fingerprint density at radius 1 is 1.25 bits per heavy atom. The van der Waals surface area contributed by atoms with E-state index < -0.39 is 5.97 Å². The van der Waals surface area contributed by atoms with Crippen LogP contribution in [0.15, 0.2) is 24.3 Å². The number of rotatable bonds is 7. The molecule has 3 N–H and O–H groups in total. The van der Waals surface area contributed by atoms with Gasteiger partial charge in [0.15, 0.2) is 0 Å². The molecule has 1 aliphatic rings. The monoisotopic (exact) mass is 332 g/mol. The van der Waals surface area contributed by atoms with E-state index in [1.54, 1.807) is 24.3 Å². The molecule has 0 radical (unpaired) electrons. The summed E-state index contributed by atoms with van der Waals surface area (Å²) in [4.78, 5) is 34.9. The third-order valence-electron chi connectivity index (χ3n) is 4.17. The fourth-order valence-electron chi connectivity index (χ4n) is 3.02. The zero-order valence-electron chi connectivity index (χ0n) is 13.9. The van der Waals surface area contributed by atoms with Crippen LogP contribution >= 0.6 is 0 Å². The normalized spacial score (nSPS) is 15.7. The standard InChI is InChI=1S/C18H24N2O4/c1-12(19-18(24)14-6-2-3-7-14)9-16(21)20-15-8-4-5-13(10-15)11-17(22)23/h4-5,8,10,12,14H,2-3,6-7,9,11H2,1H3,(H,19,24)(H,20,21)(H,22,23). The lowest BCUT2D eigenvalue weighted by Crippen LogP contribution is -2.38.